The number of nitrogens with zero attached hydrogens (tertiary/aromatic N) is 4. The standard InChI is InChI=1S/C14H23N5O2/c1-8(2)21-14-17-12(15-3)16-13(18-14)19-6-9-4-5-11(20)10(9)7-19/h8-11,20H,4-7H2,1-3H3,(H,15,16,17,18). The van der Waals surface area contributed by atoms with Crippen LogP contribution in [0.15, 0.2) is 0 Å². The number of aliphatic hydroxyl groups excluding tert-OH is 1. The fraction of sp³-hybridized carbons (Fsp3) is 0.786. The van der Waals surface area contributed by atoms with Crippen molar-refractivity contribution < 1.29 is 9.84 Å². The Balaban J connectivity index is 1.81. The molecule has 0 aromatic carbocycles. The van der Waals surface area contributed by atoms with E-state index in [1.807, 2.05) is 13.8 Å². The molecular formula is C14H23N5O2. The highest BCUT2D eigenvalue weighted by Crippen LogP contribution is 2.39. The van der Waals surface area contributed by atoms with E-state index in [1.54, 1.807) is 7.05 Å². The van der Waals surface area contributed by atoms with Crippen LogP contribution < -0.4 is 15.0 Å². The van der Waals surface area contributed by atoms with Crippen LogP contribution in [0.5, 0.6) is 6.01 Å². The van der Waals surface area contributed by atoms with Gasteiger partial charge in [-0.1, -0.05) is 0 Å². The number of rotatable bonds is 4. The van der Waals surface area contributed by atoms with Gasteiger partial charge in [0.1, 0.15) is 0 Å². The fourth-order valence-electron chi connectivity index (χ4n) is 3.26. The van der Waals surface area contributed by atoms with Crippen LogP contribution >= 0.6 is 0 Å². The second-order valence-corrected chi connectivity index (χ2v) is 6.13. The van der Waals surface area contributed by atoms with Gasteiger partial charge in [0.25, 0.3) is 0 Å². The van der Waals surface area contributed by atoms with Crippen LogP contribution in [0, 0.1) is 11.8 Å². The summed E-state index contributed by atoms with van der Waals surface area (Å²) in [6.45, 7) is 5.59. The quantitative estimate of drug-likeness (QED) is 0.853. The molecule has 7 heteroatoms. The van der Waals surface area contributed by atoms with Gasteiger partial charge >= 0.3 is 6.01 Å². The molecule has 1 aliphatic heterocycles. The van der Waals surface area contributed by atoms with Gasteiger partial charge in [-0.3, -0.25) is 0 Å². The van der Waals surface area contributed by atoms with E-state index in [2.05, 4.69) is 25.2 Å². The zero-order valence-corrected chi connectivity index (χ0v) is 12.8. The minimum atomic E-state index is -0.183. The van der Waals surface area contributed by atoms with E-state index in [1.165, 1.54) is 0 Å². The molecule has 1 saturated carbocycles. The molecule has 0 spiro atoms. The first kappa shape index (κ1) is 14.3. The minimum Gasteiger partial charge on any atom is -0.461 e. The Morgan fingerprint density at radius 2 is 2.05 bits per heavy atom. The molecule has 2 fully saturated rings. The van der Waals surface area contributed by atoms with Gasteiger partial charge in [-0.25, -0.2) is 0 Å². The third-order valence-electron chi connectivity index (χ3n) is 4.27. The maximum absolute atomic E-state index is 10.0. The normalized spacial score (nSPS) is 28.0. The predicted molar refractivity (Wildman–Crippen MR) is 79.6 cm³/mol. The molecule has 0 radical (unpaired) electrons. The largest absolute Gasteiger partial charge is 0.461 e. The van der Waals surface area contributed by atoms with Gasteiger partial charge < -0.3 is 20.1 Å². The molecule has 3 atom stereocenters. The van der Waals surface area contributed by atoms with Gasteiger partial charge in [-0.05, 0) is 32.6 Å². The highest BCUT2D eigenvalue weighted by atomic mass is 16.5. The van der Waals surface area contributed by atoms with Crippen molar-refractivity contribution >= 4 is 11.9 Å². The van der Waals surface area contributed by atoms with Crippen molar-refractivity contribution in [3.63, 3.8) is 0 Å². The summed E-state index contributed by atoms with van der Waals surface area (Å²) in [5.74, 6) is 2.03. The van der Waals surface area contributed by atoms with Crippen molar-refractivity contribution in [2.45, 2.75) is 38.9 Å². The molecule has 3 rings (SSSR count). The molecule has 1 aromatic heterocycles. The Morgan fingerprint density at radius 3 is 2.71 bits per heavy atom. The highest BCUT2D eigenvalue weighted by molar-refractivity contribution is 5.39. The Bertz CT molecular complexity index is 510. The summed E-state index contributed by atoms with van der Waals surface area (Å²) in [6.07, 6.45) is 1.84. The molecule has 1 aromatic rings. The summed E-state index contributed by atoms with van der Waals surface area (Å²) in [6, 6.07) is 0.344. The minimum absolute atomic E-state index is 0.0183. The van der Waals surface area contributed by atoms with Gasteiger partial charge in [-0.2, -0.15) is 15.0 Å². The second kappa shape index (κ2) is 5.63. The number of aromatic nitrogens is 3. The predicted octanol–water partition coefficient (Wildman–Crippen LogP) is 0.908. The van der Waals surface area contributed by atoms with E-state index in [4.69, 9.17) is 4.74 Å². The average molecular weight is 293 g/mol. The van der Waals surface area contributed by atoms with Crippen LogP contribution in [0.1, 0.15) is 26.7 Å². The number of hydrogen-bond donors (Lipinski definition) is 2. The number of aliphatic hydroxyl groups is 1. The molecule has 7 nitrogen and oxygen atoms in total. The summed E-state index contributed by atoms with van der Waals surface area (Å²) in [5.41, 5.74) is 0. The Labute approximate surface area is 124 Å². The average Bonchev–Trinajstić information content (AvgIpc) is 3.00. The maximum Gasteiger partial charge on any atom is 0.323 e. The lowest BCUT2D eigenvalue weighted by Crippen LogP contribution is -2.26. The Morgan fingerprint density at radius 1 is 1.24 bits per heavy atom. The monoisotopic (exact) mass is 293 g/mol. The van der Waals surface area contributed by atoms with Crippen LogP contribution in [0.4, 0.5) is 11.9 Å². The van der Waals surface area contributed by atoms with Crippen LogP contribution in [-0.4, -0.2) is 52.4 Å². The zero-order chi connectivity index (χ0) is 15.0. The van der Waals surface area contributed by atoms with Crippen molar-refractivity contribution in [3.05, 3.63) is 0 Å². The van der Waals surface area contributed by atoms with E-state index in [9.17, 15) is 5.11 Å². The lowest BCUT2D eigenvalue weighted by atomic mass is 10.00. The van der Waals surface area contributed by atoms with Gasteiger partial charge in [0.15, 0.2) is 0 Å². The molecule has 0 amide bonds. The van der Waals surface area contributed by atoms with Gasteiger partial charge in [0, 0.05) is 26.1 Å². The molecule has 1 saturated heterocycles. The van der Waals surface area contributed by atoms with E-state index >= 15 is 0 Å². The van der Waals surface area contributed by atoms with Crippen LogP contribution in [-0.2, 0) is 0 Å². The van der Waals surface area contributed by atoms with E-state index in [0.717, 1.165) is 25.9 Å². The van der Waals surface area contributed by atoms with Crippen molar-refractivity contribution in [3.8, 4) is 6.01 Å². The Kier molecular flexibility index (Phi) is 3.84. The number of fused-ring (bicyclic) bond motifs is 1. The third-order valence-corrected chi connectivity index (χ3v) is 4.27. The van der Waals surface area contributed by atoms with Crippen molar-refractivity contribution in [1.29, 1.82) is 0 Å². The Hall–Kier alpha value is -1.63. The summed E-state index contributed by atoms with van der Waals surface area (Å²) in [4.78, 5) is 15.2. The van der Waals surface area contributed by atoms with Crippen LogP contribution in [0.25, 0.3) is 0 Å². The first-order chi connectivity index (χ1) is 10.1. The zero-order valence-electron chi connectivity index (χ0n) is 12.8. The fourth-order valence-corrected chi connectivity index (χ4v) is 3.26. The number of hydrogen-bond acceptors (Lipinski definition) is 7. The third kappa shape index (κ3) is 2.88. The molecule has 2 N–H and O–H groups in total. The highest BCUT2D eigenvalue weighted by Gasteiger charge is 2.42. The molecule has 21 heavy (non-hydrogen) atoms. The topological polar surface area (TPSA) is 83.4 Å². The van der Waals surface area contributed by atoms with Crippen LogP contribution in [0.3, 0.4) is 0 Å². The summed E-state index contributed by atoms with van der Waals surface area (Å²) in [5, 5.41) is 13.0. The van der Waals surface area contributed by atoms with Gasteiger partial charge in [0.2, 0.25) is 11.9 Å². The van der Waals surface area contributed by atoms with E-state index in [-0.39, 0.29) is 12.2 Å². The number of anilines is 2. The maximum atomic E-state index is 10.0. The summed E-state index contributed by atoms with van der Waals surface area (Å²) in [7, 11) is 1.78. The second-order valence-electron chi connectivity index (χ2n) is 6.13. The summed E-state index contributed by atoms with van der Waals surface area (Å²) >= 11 is 0. The molecule has 3 unspecified atom stereocenters. The number of ether oxygens (including phenoxy) is 1. The van der Waals surface area contributed by atoms with Crippen molar-refractivity contribution in [2.24, 2.45) is 11.8 Å². The molecule has 1 aliphatic carbocycles. The lowest BCUT2D eigenvalue weighted by molar-refractivity contribution is 0.133. The van der Waals surface area contributed by atoms with Gasteiger partial charge in [0.05, 0.1) is 12.2 Å². The summed E-state index contributed by atoms with van der Waals surface area (Å²) < 4.78 is 5.59. The van der Waals surface area contributed by atoms with E-state index < -0.39 is 0 Å². The van der Waals surface area contributed by atoms with Crippen LogP contribution in [0.2, 0.25) is 0 Å². The molecule has 0 bridgehead atoms. The first-order valence-electron chi connectivity index (χ1n) is 7.60. The van der Waals surface area contributed by atoms with E-state index in [0.29, 0.717) is 29.7 Å². The van der Waals surface area contributed by atoms with Gasteiger partial charge in [-0.15, -0.1) is 0 Å². The molecular weight excluding hydrogens is 270 g/mol. The SMILES string of the molecule is CNc1nc(OC(C)C)nc(N2CC3CCC(O)C3C2)n1. The molecule has 2 aliphatic rings. The molecule has 116 valence electrons. The molecule has 2 heterocycles. The lowest BCUT2D eigenvalue weighted by Gasteiger charge is -2.19. The van der Waals surface area contributed by atoms with Crippen molar-refractivity contribution in [2.75, 3.05) is 30.4 Å². The number of nitrogens with one attached hydrogen (secondary N) is 1. The smallest absolute Gasteiger partial charge is 0.323 e. The first-order valence-corrected chi connectivity index (χ1v) is 7.60. The van der Waals surface area contributed by atoms with Crippen molar-refractivity contribution in [1.82, 2.24) is 15.0 Å².